The van der Waals surface area contributed by atoms with Gasteiger partial charge in [-0.1, -0.05) is 17.3 Å². The number of rotatable bonds is 5. The van der Waals surface area contributed by atoms with Crippen molar-refractivity contribution in [3.05, 3.63) is 36.9 Å². The number of fused-ring (bicyclic) bond motifs is 3. The normalized spacial score (nSPS) is 17.6. The summed E-state index contributed by atoms with van der Waals surface area (Å²) in [5.41, 5.74) is 9.57. The average Bonchev–Trinajstić information content (AvgIpc) is 3.34. The van der Waals surface area contributed by atoms with E-state index >= 15 is 0 Å². The number of aromatic nitrogens is 5. The fourth-order valence-electron chi connectivity index (χ4n) is 3.80. The van der Waals surface area contributed by atoms with Crippen LogP contribution in [0, 0.1) is 0 Å². The van der Waals surface area contributed by atoms with Crippen molar-refractivity contribution in [2.24, 2.45) is 10.9 Å². The van der Waals surface area contributed by atoms with E-state index in [-0.39, 0.29) is 12.1 Å². The van der Waals surface area contributed by atoms with E-state index in [1.807, 2.05) is 25.2 Å². The van der Waals surface area contributed by atoms with Crippen molar-refractivity contribution in [1.82, 2.24) is 24.9 Å². The summed E-state index contributed by atoms with van der Waals surface area (Å²) in [7, 11) is 3.39. The van der Waals surface area contributed by atoms with Crippen LogP contribution in [0.4, 0.5) is 11.5 Å². The van der Waals surface area contributed by atoms with E-state index in [1.165, 1.54) is 13.4 Å². The molecule has 1 saturated heterocycles. The molecule has 5 rings (SSSR count). The van der Waals surface area contributed by atoms with Gasteiger partial charge < -0.3 is 30.5 Å². The van der Waals surface area contributed by atoms with Crippen LogP contribution in [0.5, 0.6) is 11.8 Å². The molecule has 31 heavy (non-hydrogen) atoms. The molecule has 1 fully saturated rings. The predicted octanol–water partition coefficient (Wildman–Crippen LogP) is 1.88. The first-order chi connectivity index (χ1) is 15.2. The Bertz CT molecular complexity index is 1270. The van der Waals surface area contributed by atoms with Gasteiger partial charge in [-0.2, -0.15) is 9.97 Å². The number of H-pyrrole nitrogens is 1. The lowest BCUT2D eigenvalue weighted by Crippen LogP contribution is -2.30. The van der Waals surface area contributed by atoms with Gasteiger partial charge >= 0.3 is 6.01 Å². The van der Waals surface area contributed by atoms with E-state index in [4.69, 9.17) is 20.3 Å². The monoisotopic (exact) mass is 419 g/mol. The molecule has 1 aliphatic heterocycles. The molecule has 3 aromatic heterocycles. The molecule has 4 heterocycles. The SMILES string of the molecule is CNc1cccc2c1[nH]c1nc(Oc3cncnc3)nc(N3C/C(=N\OC)[C@@H](N)C3)c12. The third kappa shape index (κ3) is 3.34. The summed E-state index contributed by atoms with van der Waals surface area (Å²) in [5.74, 6) is 1.15. The van der Waals surface area contributed by atoms with Crippen molar-refractivity contribution in [3.63, 3.8) is 0 Å². The van der Waals surface area contributed by atoms with Crippen LogP contribution in [-0.2, 0) is 4.84 Å². The van der Waals surface area contributed by atoms with Crippen molar-refractivity contribution < 1.29 is 9.57 Å². The zero-order valence-electron chi connectivity index (χ0n) is 17.0. The quantitative estimate of drug-likeness (QED) is 0.414. The number of hydrogen-bond donors (Lipinski definition) is 3. The first-order valence-electron chi connectivity index (χ1n) is 9.71. The second-order valence-electron chi connectivity index (χ2n) is 7.08. The first kappa shape index (κ1) is 19.0. The third-order valence-electron chi connectivity index (χ3n) is 5.17. The summed E-state index contributed by atoms with van der Waals surface area (Å²) in [6, 6.07) is 5.95. The van der Waals surface area contributed by atoms with Gasteiger partial charge in [0.25, 0.3) is 0 Å². The standard InChI is InChI=1S/C20H21N9O2/c1-22-14-5-3-4-12-16-18(25-17(12)14)26-20(31-11-6-23-10-24-7-11)27-19(16)29-8-13(21)15(9-29)28-30-2/h3-7,10,13,22H,8-9,21H2,1-2H3,(H,25,26,27)/b28-15+/t13-/m0/s1. The van der Waals surface area contributed by atoms with Gasteiger partial charge in [0.1, 0.15) is 24.9 Å². The van der Waals surface area contributed by atoms with Crippen LogP contribution >= 0.6 is 0 Å². The third-order valence-corrected chi connectivity index (χ3v) is 5.17. The minimum Gasteiger partial charge on any atom is -0.421 e. The topological polar surface area (TPSA) is 139 Å². The van der Waals surface area contributed by atoms with Crippen molar-refractivity contribution in [2.45, 2.75) is 6.04 Å². The number of anilines is 2. The lowest BCUT2D eigenvalue weighted by atomic mass is 10.1. The molecule has 0 unspecified atom stereocenters. The van der Waals surface area contributed by atoms with Crippen LogP contribution in [-0.4, -0.2) is 63.9 Å². The highest BCUT2D eigenvalue weighted by Gasteiger charge is 2.30. The highest BCUT2D eigenvalue weighted by Crippen LogP contribution is 2.37. The molecule has 11 heteroatoms. The van der Waals surface area contributed by atoms with Crippen molar-refractivity contribution >= 4 is 39.2 Å². The average molecular weight is 419 g/mol. The number of oxime groups is 1. The molecule has 1 atom stereocenters. The molecule has 11 nitrogen and oxygen atoms in total. The molecule has 0 bridgehead atoms. The molecule has 0 amide bonds. The van der Waals surface area contributed by atoms with Crippen molar-refractivity contribution in [3.8, 4) is 11.8 Å². The smallest absolute Gasteiger partial charge is 0.326 e. The molecule has 1 aliphatic rings. The Kier molecular flexibility index (Phi) is 4.71. The van der Waals surface area contributed by atoms with E-state index in [0.717, 1.165) is 27.7 Å². The van der Waals surface area contributed by atoms with Gasteiger partial charge in [-0.15, -0.1) is 0 Å². The van der Waals surface area contributed by atoms with Gasteiger partial charge in [0.2, 0.25) is 0 Å². The van der Waals surface area contributed by atoms with Crippen LogP contribution in [0.1, 0.15) is 0 Å². The fraction of sp³-hybridized carbons (Fsp3) is 0.250. The predicted molar refractivity (Wildman–Crippen MR) is 118 cm³/mol. The van der Waals surface area contributed by atoms with Gasteiger partial charge in [-0.3, -0.25) is 0 Å². The Morgan fingerprint density at radius 1 is 1.26 bits per heavy atom. The van der Waals surface area contributed by atoms with Gasteiger partial charge in [0.05, 0.1) is 47.3 Å². The minimum atomic E-state index is -0.255. The molecule has 0 radical (unpaired) electrons. The van der Waals surface area contributed by atoms with Crippen LogP contribution in [0.2, 0.25) is 0 Å². The van der Waals surface area contributed by atoms with Crippen LogP contribution in [0.3, 0.4) is 0 Å². The molecule has 4 N–H and O–H groups in total. The highest BCUT2D eigenvalue weighted by molar-refractivity contribution is 6.15. The number of para-hydroxylation sites is 1. The molecule has 0 saturated carbocycles. The summed E-state index contributed by atoms with van der Waals surface area (Å²) in [6.07, 6.45) is 4.54. The van der Waals surface area contributed by atoms with E-state index in [2.05, 4.69) is 35.3 Å². The second kappa shape index (κ2) is 7.69. The summed E-state index contributed by atoms with van der Waals surface area (Å²) >= 11 is 0. The molecule has 0 spiro atoms. The Hall–Kier alpha value is -3.99. The summed E-state index contributed by atoms with van der Waals surface area (Å²) < 4.78 is 5.84. The lowest BCUT2D eigenvalue weighted by molar-refractivity contribution is 0.212. The Balaban J connectivity index is 1.69. The second-order valence-corrected chi connectivity index (χ2v) is 7.08. The number of hydrogen-bond acceptors (Lipinski definition) is 10. The van der Waals surface area contributed by atoms with E-state index < -0.39 is 0 Å². The maximum Gasteiger partial charge on any atom is 0.326 e. The number of ether oxygens (including phenoxy) is 1. The van der Waals surface area contributed by atoms with E-state index in [9.17, 15) is 0 Å². The maximum atomic E-state index is 6.27. The largest absolute Gasteiger partial charge is 0.421 e. The highest BCUT2D eigenvalue weighted by atomic mass is 16.6. The number of benzene rings is 1. The van der Waals surface area contributed by atoms with E-state index in [0.29, 0.717) is 30.3 Å². The number of nitrogens with one attached hydrogen (secondary N) is 2. The Labute approximate surface area is 177 Å². The fourth-order valence-corrected chi connectivity index (χ4v) is 3.80. The summed E-state index contributed by atoms with van der Waals surface area (Å²) in [5, 5.41) is 9.16. The van der Waals surface area contributed by atoms with Crippen LogP contribution < -0.4 is 20.7 Å². The minimum absolute atomic E-state index is 0.181. The molecule has 0 aliphatic carbocycles. The zero-order valence-corrected chi connectivity index (χ0v) is 17.0. The van der Waals surface area contributed by atoms with Crippen molar-refractivity contribution in [1.29, 1.82) is 0 Å². The van der Waals surface area contributed by atoms with Gasteiger partial charge in [-0.05, 0) is 6.07 Å². The van der Waals surface area contributed by atoms with Gasteiger partial charge in [-0.25, -0.2) is 9.97 Å². The summed E-state index contributed by atoms with van der Waals surface area (Å²) in [4.78, 5) is 27.7. The lowest BCUT2D eigenvalue weighted by Gasteiger charge is -2.18. The van der Waals surface area contributed by atoms with Gasteiger partial charge in [0, 0.05) is 19.0 Å². The molecule has 1 aromatic carbocycles. The zero-order chi connectivity index (χ0) is 21.4. The number of nitrogens with two attached hydrogens (primary N) is 1. The first-order valence-corrected chi connectivity index (χ1v) is 9.71. The molecular formula is C20H21N9O2. The Morgan fingerprint density at radius 3 is 2.87 bits per heavy atom. The molecule has 4 aromatic rings. The van der Waals surface area contributed by atoms with E-state index in [1.54, 1.807) is 12.4 Å². The van der Waals surface area contributed by atoms with Gasteiger partial charge in [0.15, 0.2) is 5.75 Å². The van der Waals surface area contributed by atoms with Crippen molar-refractivity contribution in [2.75, 3.05) is 37.5 Å². The van der Waals surface area contributed by atoms with Crippen LogP contribution in [0.25, 0.3) is 21.9 Å². The molecule has 158 valence electrons. The maximum absolute atomic E-state index is 6.27. The number of aromatic amines is 1. The Morgan fingerprint density at radius 2 is 2.10 bits per heavy atom. The van der Waals surface area contributed by atoms with Crippen LogP contribution in [0.15, 0.2) is 42.1 Å². The molecular weight excluding hydrogens is 398 g/mol. The summed E-state index contributed by atoms with van der Waals surface area (Å²) in [6.45, 7) is 1.04. The number of nitrogens with zero attached hydrogens (tertiary/aromatic N) is 6.